The molecule has 0 saturated carbocycles. The van der Waals surface area contributed by atoms with Gasteiger partial charge in [-0.25, -0.2) is 9.37 Å². The maximum atomic E-state index is 14.8. The number of carbonyl (C=O) groups is 2. The molecule has 0 spiro atoms. The van der Waals surface area contributed by atoms with E-state index in [2.05, 4.69) is 20.5 Å². The first-order valence-corrected chi connectivity index (χ1v) is 12.4. The summed E-state index contributed by atoms with van der Waals surface area (Å²) in [6.07, 6.45) is 0.699. The molecule has 2 aliphatic heterocycles. The van der Waals surface area contributed by atoms with Crippen LogP contribution in [0.4, 0.5) is 19.6 Å². The Balaban J connectivity index is 1.28. The van der Waals surface area contributed by atoms with Gasteiger partial charge in [-0.2, -0.15) is 4.39 Å². The maximum Gasteiger partial charge on any atom is 0.249 e. The van der Waals surface area contributed by atoms with Crippen LogP contribution in [-0.2, 0) is 20.9 Å². The third-order valence-corrected chi connectivity index (χ3v) is 6.92. The molecule has 36 heavy (non-hydrogen) atoms. The number of hydrogen-bond donors (Lipinski definition) is 2. The van der Waals surface area contributed by atoms with E-state index in [4.69, 9.17) is 9.47 Å². The predicted molar refractivity (Wildman–Crippen MR) is 131 cm³/mol. The minimum atomic E-state index is -1.07. The van der Waals surface area contributed by atoms with Gasteiger partial charge in [-0.1, -0.05) is 12.1 Å². The minimum Gasteiger partial charge on any atom is -0.485 e. The number of carbonyl (C=O) groups excluding carboxylic acids is 2. The van der Waals surface area contributed by atoms with Crippen molar-refractivity contribution >= 4 is 34.0 Å². The maximum absolute atomic E-state index is 14.8. The van der Waals surface area contributed by atoms with Gasteiger partial charge in [0.1, 0.15) is 12.6 Å². The second-order valence-electron chi connectivity index (χ2n) is 8.49. The van der Waals surface area contributed by atoms with Crippen molar-refractivity contribution < 1.29 is 27.8 Å². The normalized spacial score (nSPS) is 18.2. The number of hydrogen-bond acceptors (Lipinski definition) is 8. The fourth-order valence-corrected chi connectivity index (χ4v) is 4.93. The molecule has 0 aliphatic carbocycles. The summed E-state index contributed by atoms with van der Waals surface area (Å²) in [6.45, 7) is 2.70. The Morgan fingerprint density at radius 1 is 1.14 bits per heavy atom. The molecule has 1 unspecified atom stereocenters. The second kappa shape index (κ2) is 10.6. The molecule has 5 rings (SSSR count). The Morgan fingerprint density at radius 2 is 1.92 bits per heavy atom. The van der Waals surface area contributed by atoms with Crippen molar-refractivity contribution in [3.05, 3.63) is 59.0 Å². The summed E-state index contributed by atoms with van der Waals surface area (Å²) in [4.78, 5) is 30.0. The Morgan fingerprint density at radius 3 is 2.67 bits per heavy atom. The van der Waals surface area contributed by atoms with Crippen LogP contribution in [0.1, 0.15) is 18.4 Å². The summed E-state index contributed by atoms with van der Waals surface area (Å²) in [5.74, 6) is -2.89. The Kier molecular flexibility index (Phi) is 7.10. The fraction of sp³-hybridized carbons (Fsp3) is 0.320. The summed E-state index contributed by atoms with van der Waals surface area (Å²) in [6, 6.07) is 9.11. The van der Waals surface area contributed by atoms with Crippen LogP contribution in [0.15, 0.2) is 41.8 Å². The van der Waals surface area contributed by atoms with Crippen LogP contribution >= 0.6 is 11.3 Å². The first-order valence-electron chi connectivity index (χ1n) is 11.6. The Labute approximate surface area is 210 Å². The van der Waals surface area contributed by atoms with Crippen LogP contribution in [0, 0.1) is 11.6 Å². The van der Waals surface area contributed by atoms with E-state index in [0.717, 1.165) is 29.9 Å². The Bertz CT molecular complexity index is 1260. The molecule has 2 amide bonds. The van der Waals surface area contributed by atoms with Crippen LogP contribution < -0.4 is 20.3 Å². The number of anilines is 2. The van der Waals surface area contributed by atoms with Gasteiger partial charge in [-0.15, -0.1) is 11.3 Å². The number of morpholine rings is 1. The highest BCUT2D eigenvalue weighted by Gasteiger charge is 2.26. The third-order valence-electron chi connectivity index (χ3n) is 6.02. The number of nitrogens with zero attached hydrogens (tertiary/aromatic N) is 2. The second-order valence-corrected chi connectivity index (χ2v) is 9.32. The van der Waals surface area contributed by atoms with E-state index >= 15 is 0 Å². The van der Waals surface area contributed by atoms with E-state index in [-0.39, 0.29) is 30.6 Å². The van der Waals surface area contributed by atoms with Crippen LogP contribution in [-0.4, -0.2) is 49.1 Å². The lowest BCUT2D eigenvalue weighted by Crippen LogP contribution is -2.47. The van der Waals surface area contributed by atoms with Crippen LogP contribution in [0.25, 0.3) is 11.3 Å². The molecule has 2 fully saturated rings. The molecular formula is C25H24F2N4O4S. The van der Waals surface area contributed by atoms with E-state index < -0.39 is 17.7 Å². The molecule has 3 heterocycles. The van der Waals surface area contributed by atoms with E-state index in [1.807, 2.05) is 0 Å². The average Bonchev–Trinajstić information content (AvgIpc) is 3.38. The van der Waals surface area contributed by atoms with Gasteiger partial charge in [0.15, 0.2) is 16.7 Å². The zero-order chi connectivity index (χ0) is 25.1. The summed E-state index contributed by atoms with van der Waals surface area (Å²) >= 11 is 1.43. The minimum absolute atomic E-state index is 0.00648. The molecule has 2 N–H and O–H groups in total. The molecule has 1 aromatic heterocycles. The Hall–Kier alpha value is -3.57. The molecule has 11 heteroatoms. The van der Waals surface area contributed by atoms with Crippen LogP contribution in [0.3, 0.4) is 0 Å². The zero-order valence-corrected chi connectivity index (χ0v) is 20.1. The number of benzene rings is 2. The number of rotatable bonds is 7. The van der Waals surface area contributed by atoms with Crippen molar-refractivity contribution in [3.63, 3.8) is 0 Å². The number of nitrogens with one attached hydrogen (secondary N) is 2. The molecule has 3 aromatic rings. The molecule has 0 radical (unpaired) electrons. The highest BCUT2D eigenvalue weighted by atomic mass is 32.1. The molecule has 0 bridgehead atoms. The highest BCUT2D eigenvalue weighted by molar-refractivity contribution is 7.14. The standard InChI is InChI=1S/C25H24F2N4O4S/c26-18-6-5-17(20-14-36-25(29-20)31-9-11-34-12-10-31)23(22(18)27)35-13-15-1-3-16(4-2-15)28-19-7-8-21(32)30-24(19)33/h1-6,14,19,28H,7-13H2,(H,30,32,33). The highest BCUT2D eigenvalue weighted by Crippen LogP contribution is 2.37. The van der Waals surface area contributed by atoms with E-state index in [0.29, 0.717) is 36.6 Å². The lowest BCUT2D eigenvalue weighted by Gasteiger charge is -2.26. The number of ether oxygens (including phenoxy) is 2. The van der Waals surface area contributed by atoms with E-state index in [1.165, 1.54) is 17.4 Å². The fourth-order valence-electron chi connectivity index (χ4n) is 4.05. The SMILES string of the molecule is O=C1CCC(Nc2ccc(COc3c(-c4csc(N5CCOCC5)n4)ccc(F)c3F)cc2)C(=O)N1. The third kappa shape index (κ3) is 5.31. The number of amides is 2. The molecular weight excluding hydrogens is 490 g/mol. The lowest BCUT2D eigenvalue weighted by molar-refractivity contribution is -0.133. The zero-order valence-electron chi connectivity index (χ0n) is 19.3. The monoisotopic (exact) mass is 514 g/mol. The van der Waals surface area contributed by atoms with Crippen molar-refractivity contribution in [2.45, 2.75) is 25.5 Å². The number of aromatic nitrogens is 1. The van der Waals surface area contributed by atoms with Crippen LogP contribution in [0.2, 0.25) is 0 Å². The molecule has 188 valence electrons. The van der Waals surface area contributed by atoms with Crippen molar-refractivity contribution in [2.24, 2.45) is 0 Å². The average molecular weight is 515 g/mol. The van der Waals surface area contributed by atoms with E-state index in [9.17, 15) is 18.4 Å². The predicted octanol–water partition coefficient (Wildman–Crippen LogP) is 3.72. The topological polar surface area (TPSA) is 92.8 Å². The number of thiazole rings is 1. The largest absolute Gasteiger partial charge is 0.485 e. The smallest absolute Gasteiger partial charge is 0.249 e. The van der Waals surface area contributed by atoms with Gasteiger partial charge in [-0.05, 0) is 36.2 Å². The van der Waals surface area contributed by atoms with Gasteiger partial charge in [-0.3, -0.25) is 14.9 Å². The molecule has 2 saturated heterocycles. The van der Waals surface area contributed by atoms with Gasteiger partial charge in [0.05, 0.1) is 18.9 Å². The van der Waals surface area contributed by atoms with Gasteiger partial charge in [0.25, 0.3) is 0 Å². The lowest BCUT2D eigenvalue weighted by atomic mass is 10.1. The van der Waals surface area contributed by atoms with Gasteiger partial charge in [0.2, 0.25) is 17.6 Å². The first kappa shape index (κ1) is 24.1. The molecule has 2 aromatic carbocycles. The number of piperidine rings is 1. The summed E-state index contributed by atoms with van der Waals surface area (Å²) in [7, 11) is 0. The first-order chi connectivity index (χ1) is 17.5. The van der Waals surface area contributed by atoms with Crippen LogP contribution in [0.5, 0.6) is 5.75 Å². The van der Waals surface area contributed by atoms with E-state index in [1.54, 1.807) is 29.6 Å². The molecule has 1 atom stereocenters. The quantitative estimate of drug-likeness (QED) is 0.465. The van der Waals surface area contributed by atoms with Gasteiger partial charge < -0.3 is 19.7 Å². The summed E-state index contributed by atoms with van der Waals surface area (Å²) in [5, 5.41) is 8.00. The number of halogens is 2. The van der Waals surface area contributed by atoms with Crippen molar-refractivity contribution in [3.8, 4) is 17.0 Å². The molecule has 8 nitrogen and oxygen atoms in total. The summed E-state index contributed by atoms with van der Waals surface area (Å²) < 4.78 is 40.0. The van der Waals surface area contributed by atoms with Crippen molar-refractivity contribution in [2.75, 3.05) is 36.5 Å². The van der Waals surface area contributed by atoms with Gasteiger partial charge >= 0.3 is 0 Å². The molecule has 2 aliphatic rings. The number of imide groups is 1. The van der Waals surface area contributed by atoms with Crippen molar-refractivity contribution in [1.82, 2.24) is 10.3 Å². The van der Waals surface area contributed by atoms with Gasteiger partial charge in [0, 0.05) is 36.1 Å². The van der Waals surface area contributed by atoms with Crippen molar-refractivity contribution in [1.29, 1.82) is 0 Å². The summed E-state index contributed by atoms with van der Waals surface area (Å²) in [5.41, 5.74) is 2.31.